The molecule has 1 aromatic heterocycles. The standard InChI is InChI=1S/C13H11FN2O4/c1-20-10-3-2-7(4-8(10)14)5-11-15-9(13(18)19)6-12(17)16-11/h2-4,6H,5H2,1H3,(H,18,19)(H,15,16,17). The van der Waals surface area contributed by atoms with Crippen LogP contribution in [0.4, 0.5) is 4.39 Å². The first kappa shape index (κ1) is 13.7. The van der Waals surface area contributed by atoms with Crippen molar-refractivity contribution in [2.24, 2.45) is 0 Å². The second kappa shape index (κ2) is 5.52. The number of carboxylic acids is 1. The number of carbonyl (C=O) groups is 1. The van der Waals surface area contributed by atoms with Gasteiger partial charge in [-0.25, -0.2) is 14.2 Å². The van der Waals surface area contributed by atoms with Crippen LogP contribution in [0, 0.1) is 5.82 Å². The van der Waals surface area contributed by atoms with Crippen LogP contribution in [0.2, 0.25) is 0 Å². The molecule has 0 unspecified atom stereocenters. The molecule has 0 bridgehead atoms. The zero-order valence-electron chi connectivity index (χ0n) is 10.5. The minimum atomic E-state index is -1.29. The number of halogens is 1. The summed E-state index contributed by atoms with van der Waals surface area (Å²) in [5.74, 6) is -1.58. The highest BCUT2D eigenvalue weighted by molar-refractivity contribution is 5.85. The van der Waals surface area contributed by atoms with E-state index in [1.54, 1.807) is 6.07 Å². The summed E-state index contributed by atoms with van der Waals surface area (Å²) in [6.45, 7) is 0. The van der Waals surface area contributed by atoms with Gasteiger partial charge >= 0.3 is 5.97 Å². The number of hydrogen-bond acceptors (Lipinski definition) is 4. The Balaban J connectivity index is 2.32. The monoisotopic (exact) mass is 278 g/mol. The third kappa shape index (κ3) is 3.00. The van der Waals surface area contributed by atoms with Gasteiger partial charge in [0.05, 0.1) is 7.11 Å². The smallest absolute Gasteiger partial charge is 0.354 e. The predicted molar refractivity (Wildman–Crippen MR) is 67.6 cm³/mol. The Morgan fingerprint density at radius 3 is 2.80 bits per heavy atom. The number of rotatable bonds is 4. The molecule has 2 rings (SSSR count). The number of aromatic carboxylic acids is 1. The number of hydrogen-bond donors (Lipinski definition) is 2. The summed E-state index contributed by atoms with van der Waals surface area (Å²) in [6, 6.07) is 5.19. The summed E-state index contributed by atoms with van der Waals surface area (Å²) in [5, 5.41) is 8.82. The second-order valence-electron chi connectivity index (χ2n) is 4.03. The van der Waals surface area contributed by atoms with Gasteiger partial charge < -0.3 is 14.8 Å². The van der Waals surface area contributed by atoms with Crippen molar-refractivity contribution in [1.29, 1.82) is 0 Å². The van der Waals surface area contributed by atoms with Crippen molar-refractivity contribution >= 4 is 5.97 Å². The lowest BCUT2D eigenvalue weighted by Crippen LogP contribution is -2.16. The van der Waals surface area contributed by atoms with E-state index in [2.05, 4.69) is 9.97 Å². The Bertz CT molecular complexity index is 712. The lowest BCUT2D eigenvalue weighted by Gasteiger charge is -2.05. The van der Waals surface area contributed by atoms with Crippen molar-refractivity contribution in [2.45, 2.75) is 6.42 Å². The first-order valence-corrected chi connectivity index (χ1v) is 5.65. The van der Waals surface area contributed by atoms with Crippen molar-refractivity contribution in [3.05, 3.63) is 57.5 Å². The van der Waals surface area contributed by atoms with E-state index in [4.69, 9.17) is 9.84 Å². The number of aromatic amines is 1. The molecular formula is C13H11FN2O4. The Morgan fingerprint density at radius 1 is 1.45 bits per heavy atom. The third-order valence-electron chi connectivity index (χ3n) is 2.60. The molecule has 0 aliphatic carbocycles. The molecule has 0 spiro atoms. The van der Waals surface area contributed by atoms with Gasteiger partial charge in [0.25, 0.3) is 5.56 Å². The zero-order chi connectivity index (χ0) is 14.7. The van der Waals surface area contributed by atoms with Gasteiger partial charge in [0.1, 0.15) is 5.82 Å². The Labute approximate surface area is 112 Å². The largest absolute Gasteiger partial charge is 0.494 e. The highest BCUT2D eigenvalue weighted by Gasteiger charge is 2.10. The second-order valence-corrected chi connectivity index (χ2v) is 4.03. The van der Waals surface area contributed by atoms with Crippen molar-refractivity contribution in [3.8, 4) is 5.75 Å². The molecule has 0 saturated carbocycles. The van der Waals surface area contributed by atoms with E-state index in [-0.39, 0.29) is 23.7 Å². The first-order chi connectivity index (χ1) is 9.49. The number of methoxy groups -OCH3 is 1. The highest BCUT2D eigenvalue weighted by atomic mass is 19.1. The van der Waals surface area contributed by atoms with Crippen LogP contribution in [0.15, 0.2) is 29.1 Å². The van der Waals surface area contributed by atoms with Gasteiger partial charge in [0.15, 0.2) is 17.3 Å². The predicted octanol–water partition coefficient (Wildman–Crippen LogP) is 1.21. The highest BCUT2D eigenvalue weighted by Crippen LogP contribution is 2.18. The van der Waals surface area contributed by atoms with Gasteiger partial charge in [-0.05, 0) is 17.7 Å². The van der Waals surface area contributed by atoms with E-state index in [9.17, 15) is 14.0 Å². The molecule has 0 atom stereocenters. The molecule has 0 radical (unpaired) electrons. The normalized spacial score (nSPS) is 10.3. The van der Waals surface area contributed by atoms with Gasteiger partial charge in [-0.1, -0.05) is 6.07 Å². The summed E-state index contributed by atoms with van der Waals surface area (Å²) in [7, 11) is 1.35. The van der Waals surface area contributed by atoms with Crippen LogP contribution < -0.4 is 10.3 Å². The van der Waals surface area contributed by atoms with Crippen molar-refractivity contribution in [2.75, 3.05) is 7.11 Å². The van der Waals surface area contributed by atoms with Crippen molar-refractivity contribution in [3.63, 3.8) is 0 Å². The van der Waals surface area contributed by atoms with E-state index in [1.165, 1.54) is 19.2 Å². The van der Waals surface area contributed by atoms with Crippen molar-refractivity contribution < 1.29 is 19.0 Å². The topological polar surface area (TPSA) is 92.3 Å². The van der Waals surface area contributed by atoms with Gasteiger partial charge in [0, 0.05) is 12.5 Å². The van der Waals surface area contributed by atoms with Crippen LogP contribution in [-0.4, -0.2) is 28.2 Å². The quantitative estimate of drug-likeness (QED) is 0.876. The maximum Gasteiger partial charge on any atom is 0.354 e. The number of carboxylic acid groups (broad SMARTS) is 1. The maximum atomic E-state index is 13.5. The maximum absolute atomic E-state index is 13.5. The molecule has 0 fully saturated rings. The van der Waals surface area contributed by atoms with E-state index in [0.717, 1.165) is 6.07 Å². The minimum Gasteiger partial charge on any atom is -0.494 e. The number of nitrogens with one attached hydrogen (secondary N) is 1. The Morgan fingerprint density at radius 2 is 2.20 bits per heavy atom. The summed E-state index contributed by atoms with van der Waals surface area (Å²) in [5.41, 5.74) is -0.381. The summed E-state index contributed by atoms with van der Waals surface area (Å²) in [6.07, 6.45) is 0.108. The van der Waals surface area contributed by atoms with E-state index >= 15 is 0 Å². The van der Waals surface area contributed by atoms with Gasteiger partial charge in [-0.15, -0.1) is 0 Å². The van der Waals surface area contributed by atoms with Crippen LogP contribution in [0.25, 0.3) is 0 Å². The molecule has 0 aliphatic heterocycles. The fourth-order valence-corrected chi connectivity index (χ4v) is 1.71. The number of aromatic nitrogens is 2. The third-order valence-corrected chi connectivity index (χ3v) is 2.60. The van der Waals surface area contributed by atoms with Gasteiger partial charge in [-0.2, -0.15) is 0 Å². The summed E-state index contributed by atoms with van der Waals surface area (Å²) >= 11 is 0. The lowest BCUT2D eigenvalue weighted by atomic mass is 10.1. The van der Waals surface area contributed by atoms with Crippen LogP contribution in [0.1, 0.15) is 21.9 Å². The molecule has 6 nitrogen and oxygen atoms in total. The summed E-state index contributed by atoms with van der Waals surface area (Å²) in [4.78, 5) is 28.3. The van der Waals surface area contributed by atoms with Gasteiger partial charge in [0.2, 0.25) is 0 Å². The average molecular weight is 278 g/mol. The molecule has 2 N–H and O–H groups in total. The fourth-order valence-electron chi connectivity index (χ4n) is 1.71. The van der Waals surface area contributed by atoms with E-state index in [0.29, 0.717) is 5.56 Å². The SMILES string of the molecule is COc1ccc(Cc2nc(C(=O)O)cc(=O)[nH]2)cc1F. The lowest BCUT2D eigenvalue weighted by molar-refractivity contribution is 0.0689. The Kier molecular flexibility index (Phi) is 3.79. The molecule has 2 aromatic rings. The van der Waals surface area contributed by atoms with Crippen LogP contribution >= 0.6 is 0 Å². The van der Waals surface area contributed by atoms with E-state index < -0.39 is 17.3 Å². The minimum absolute atomic E-state index is 0.106. The van der Waals surface area contributed by atoms with Crippen LogP contribution in [-0.2, 0) is 6.42 Å². The molecular weight excluding hydrogens is 267 g/mol. The number of H-pyrrole nitrogens is 1. The number of nitrogens with zero attached hydrogens (tertiary/aromatic N) is 1. The fraction of sp³-hybridized carbons (Fsp3) is 0.154. The number of benzene rings is 1. The molecule has 1 aromatic carbocycles. The van der Waals surface area contributed by atoms with Crippen molar-refractivity contribution in [1.82, 2.24) is 9.97 Å². The molecule has 0 amide bonds. The Hall–Kier alpha value is -2.70. The van der Waals surface area contributed by atoms with Gasteiger partial charge in [-0.3, -0.25) is 4.79 Å². The summed E-state index contributed by atoms with van der Waals surface area (Å²) < 4.78 is 18.3. The molecule has 7 heteroatoms. The first-order valence-electron chi connectivity index (χ1n) is 5.65. The van der Waals surface area contributed by atoms with Crippen LogP contribution in [0.5, 0.6) is 5.75 Å². The molecule has 1 heterocycles. The van der Waals surface area contributed by atoms with Crippen LogP contribution in [0.3, 0.4) is 0 Å². The van der Waals surface area contributed by atoms with E-state index in [1.807, 2.05) is 0 Å². The molecule has 0 saturated heterocycles. The molecule has 0 aliphatic rings. The molecule has 20 heavy (non-hydrogen) atoms. The molecule has 104 valence electrons. The number of ether oxygens (including phenoxy) is 1. The zero-order valence-corrected chi connectivity index (χ0v) is 10.5. The average Bonchev–Trinajstić information content (AvgIpc) is 2.38.